The third-order valence-corrected chi connectivity index (χ3v) is 5.72. The van der Waals surface area contributed by atoms with Crippen LogP contribution >= 0.6 is 0 Å². The summed E-state index contributed by atoms with van der Waals surface area (Å²) in [4.78, 5) is 12.4. The van der Waals surface area contributed by atoms with Crippen LogP contribution in [0.3, 0.4) is 0 Å². The first-order valence-electron chi connectivity index (χ1n) is 14.1. The number of aryl methyl sites for hydroxylation is 1. The molecule has 1 aromatic carbocycles. The summed E-state index contributed by atoms with van der Waals surface area (Å²) < 4.78 is 1.79. The van der Waals surface area contributed by atoms with Crippen LogP contribution in [0.2, 0.25) is 0 Å². The van der Waals surface area contributed by atoms with E-state index in [1.54, 1.807) is 16.7 Å². The van der Waals surface area contributed by atoms with Crippen molar-refractivity contribution >= 4 is 17.8 Å². The molecule has 0 saturated carbocycles. The second kappa shape index (κ2) is 22.0. The number of rotatable bonds is 11. The molecule has 5 nitrogen and oxygen atoms in total. The summed E-state index contributed by atoms with van der Waals surface area (Å²) in [7, 11) is 0. The predicted molar refractivity (Wildman–Crippen MR) is 176 cm³/mol. The first-order valence-corrected chi connectivity index (χ1v) is 14.1. The molecule has 0 bridgehead atoms. The summed E-state index contributed by atoms with van der Waals surface area (Å²) in [5.41, 5.74) is 18.5. The van der Waals surface area contributed by atoms with Gasteiger partial charge in [0, 0.05) is 6.07 Å². The van der Waals surface area contributed by atoms with Crippen LogP contribution in [0.1, 0.15) is 93.9 Å². The number of phenolic OH excluding ortho intramolecular Hbond substituents is 1. The molecule has 0 aliphatic rings. The molecule has 0 atom stereocenters. The van der Waals surface area contributed by atoms with Gasteiger partial charge < -0.3 is 30.4 Å². The Kier molecular flexibility index (Phi) is 21.7. The van der Waals surface area contributed by atoms with Crippen LogP contribution in [-0.4, -0.2) is 15.6 Å². The zero-order valence-corrected chi connectivity index (χ0v) is 30.3. The van der Waals surface area contributed by atoms with Crippen molar-refractivity contribution in [1.29, 1.82) is 0 Å². The van der Waals surface area contributed by atoms with E-state index in [4.69, 9.17) is 11.5 Å². The number of aromatic hydroxyl groups is 1. The van der Waals surface area contributed by atoms with Crippen molar-refractivity contribution < 1.29 is 41.0 Å². The Morgan fingerprint density at radius 1 is 1.05 bits per heavy atom. The Hall–Kier alpha value is -2.68. The molecular weight excluding hydrogens is 732 g/mol. The molecule has 2 aromatic rings. The van der Waals surface area contributed by atoms with Crippen LogP contribution < -0.4 is 11.5 Å². The van der Waals surface area contributed by atoms with E-state index < -0.39 is 5.91 Å². The summed E-state index contributed by atoms with van der Waals surface area (Å²) in [5, 5.41) is 10.1. The van der Waals surface area contributed by atoms with Crippen LogP contribution in [-0.2, 0) is 6.42 Å². The Bertz CT molecular complexity index is 1210. The number of amides is 1. The topological polar surface area (TPSA) is 94.3 Å². The zero-order valence-electron chi connectivity index (χ0n) is 26.1. The first-order chi connectivity index (χ1) is 19.0. The van der Waals surface area contributed by atoms with Gasteiger partial charge in [-0.2, -0.15) is 12.8 Å². The SMILES string of the molecule is C=C(/C=C\C(=C/CC)C(=C)/C=C\c1c(CCC)c(C(N)=O)c(N)n1-c1cc(O)ccc1C)CC.[CH2-]CC.[CH2-]CC.[U+2]. The van der Waals surface area contributed by atoms with Crippen LogP contribution in [0.5, 0.6) is 5.75 Å². The van der Waals surface area contributed by atoms with E-state index in [0.717, 1.165) is 65.6 Å². The van der Waals surface area contributed by atoms with Gasteiger partial charge in [-0.15, -0.1) is 0 Å². The molecule has 6 heteroatoms. The van der Waals surface area contributed by atoms with Crippen LogP contribution in [0.25, 0.3) is 11.8 Å². The molecule has 1 amide bonds. The van der Waals surface area contributed by atoms with Crippen molar-refractivity contribution in [3.05, 3.63) is 109 Å². The summed E-state index contributed by atoms with van der Waals surface area (Å²) >= 11 is 0. The van der Waals surface area contributed by atoms with Gasteiger partial charge in [0.05, 0.1) is 16.9 Å². The van der Waals surface area contributed by atoms with Gasteiger partial charge in [0.25, 0.3) is 5.91 Å². The second-order valence-electron chi connectivity index (χ2n) is 9.32. The van der Waals surface area contributed by atoms with Crippen molar-refractivity contribution in [2.45, 2.75) is 80.1 Å². The van der Waals surface area contributed by atoms with Crippen molar-refractivity contribution in [3.63, 3.8) is 0 Å². The van der Waals surface area contributed by atoms with Crippen LogP contribution in [0.4, 0.5) is 5.82 Å². The van der Waals surface area contributed by atoms with Gasteiger partial charge in [0.2, 0.25) is 0 Å². The van der Waals surface area contributed by atoms with E-state index in [9.17, 15) is 9.90 Å². The van der Waals surface area contributed by atoms with Crippen molar-refractivity contribution in [2.24, 2.45) is 5.73 Å². The number of hydrogen-bond donors (Lipinski definition) is 3. The largest absolute Gasteiger partial charge is 2.00 e. The van der Waals surface area contributed by atoms with Crippen molar-refractivity contribution in [3.8, 4) is 11.4 Å². The number of carbonyl (C=O) groups is 1. The fourth-order valence-corrected chi connectivity index (χ4v) is 3.84. The summed E-state index contributed by atoms with van der Waals surface area (Å²) in [6, 6.07) is 5.07. The van der Waals surface area contributed by atoms with Gasteiger partial charge in [-0.3, -0.25) is 9.36 Å². The Morgan fingerprint density at radius 2 is 1.63 bits per heavy atom. The number of anilines is 1. The van der Waals surface area contributed by atoms with Gasteiger partial charge >= 0.3 is 31.1 Å². The third kappa shape index (κ3) is 12.8. The molecule has 1 heterocycles. The maximum atomic E-state index is 12.4. The Balaban J connectivity index is 0. The number of carbonyl (C=O) groups excluding carboxylic acids is 1. The van der Waals surface area contributed by atoms with E-state index in [1.165, 1.54) is 0 Å². The normalized spacial score (nSPS) is 10.9. The standard InChI is InChI=1S/C29H37N3O2.2C3H7.U/c1-7-10-22(15-12-19(4)9-3)20(5)14-17-25-24(11-8-2)27(29(31)34)28(30)32(25)26-18-23(33)16-13-21(26)6;2*1-3-2;/h10,12-18,33H,4-5,7-9,11,30H2,1-3,6H3,(H2,31,34);2*1,3H2,2H3;/q;2*-1;+2/b15-12-,17-14-,22-10+;;;. The van der Waals surface area contributed by atoms with Gasteiger partial charge in [0.1, 0.15) is 11.6 Å². The van der Waals surface area contributed by atoms with Crippen molar-refractivity contribution in [2.75, 3.05) is 5.73 Å². The van der Waals surface area contributed by atoms with Crippen LogP contribution in [0.15, 0.2) is 72.4 Å². The molecule has 5 N–H and O–H groups in total. The van der Waals surface area contributed by atoms with Gasteiger partial charge in [-0.05, 0) is 60.6 Å². The maximum Gasteiger partial charge on any atom is 2.00 e. The number of nitrogen functional groups attached to an aromatic ring is 1. The molecule has 0 aliphatic heterocycles. The van der Waals surface area contributed by atoms with Gasteiger partial charge in [-0.25, -0.2) is 0 Å². The zero-order chi connectivity index (χ0) is 30.8. The molecule has 0 fully saturated rings. The van der Waals surface area contributed by atoms with Gasteiger partial charge in [-0.1, -0.05) is 90.1 Å². The fourth-order valence-electron chi connectivity index (χ4n) is 3.84. The summed E-state index contributed by atoms with van der Waals surface area (Å²) in [6.07, 6.45) is 15.2. The number of nitrogens with two attached hydrogens (primary N) is 2. The van der Waals surface area contributed by atoms with E-state index in [0.29, 0.717) is 17.7 Å². The molecule has 0 radical (unpaired) electrons. The minimum absolute atomic E-state index is 0. The van der Waals surface area contributed by atoms with E-state index in [-0.39, 0.29) is 42.7 Å². The number of phenols is 1. The number of aromatic nitrogens is 1. The average Bonchev–Trinajstić information content (AvgIpc) is 3.18. The predicted octanol–water partition coefficient (Wildman–Crippen LogP) is 9.01. The molecule has 0 unspecified atom stereocenters. The molecule has 0 spiro atoms. The number of hydrogen-bond acceptors (Lipinski definition) is 3. The number of primary amides is 1. The minimum atomic E-state index is -0.571. The number of nitrogens with zero attached hydrogens (tertiary/aromatic N) is 1. The molecule has 1 aromatic heterocycles. The Morgan fingerprint density at radius 3 is 2.12 bits per heavy atom. The van der Waals surface area contributed by atoms with E-state index in [1.807, 2.05) is 58.1 Å². The average molecular weight is 784 g/mol. The van der Waals surface area contributed by atoms with E-state index >= 15 is 0 Å². The maximum absolute atomic E-state index is 12.4. The molecule has 222 valence electrons. The summed E-state index contributed by atoms with van der Waals surface area (Å²) in [5.74, 6) is -0.197. The Labute approximate surface area is 273 Å². The molecule has 41 heavy (non-hydrogen) atoms. The first kappa shape index (κ1) is 40.5. The smallest absolute Gasteiger partial charge is 0.508 e. The molecule has 2 rings (SSSR count). The minimum Gasteiger partial charge on any atom is -0.508 e. The summed E-state index contributed by atoms with van der Waals surface area (Å²) in [6.45, 7) is 27.4. The van der Waals surface area contributed by atoms with E-state index in [2.05, 4.69) is 46.9 Å². The second-order valence-corrected chi connectivity index (χ2v) is 9.32. The molecular formula is C35H51N3O2U. The third-order valence-electron chi connectivity index (χ3n) is 5.72. The quantitative estimate of drug-likeness (QED) is 0.157. The van der Waals surface area contributed by atoms with Gasteiger partial charge in [0.15, 0.2) is 0 Å². The number of allylic oxidation sites excluding steroid dienone is 7. The number of benzene rings is 1. The van der Waals surface area contributed by atoms with Crippen LogP contribution in [0, 0.1) is 51.9 Å². The monoisotopic (exact) mass is 783 g/mol. The van der Waals surface area contributed by atoms with Crippen molar-refractivity contribution in [1.82, 2.24) is 4.57 Å². The molecule has 0 aliphatic carbocycles. The molecule has 0 saturated heterocycles. The fraction of sp³-hybridized carbons (Fsp3) is 0.343.